The van der Waals surface area contributed by atoms with E-state index in [2.05, 4.69) is 34.3 Å². The molecule has 0 aromatic heterocycles. The van der Waals surface area contributed by atoms with Gasteiger partial charge in [-0.3, -0.25) is 0 Å². The molecule has 6 N–H and O–H groups in total. The summed E-state index contributed by atoms with van der Waals surface area (Å²) in [6.45, 7) is 4.19. The number of nitrogens with one attached hydrogen (secondary N) is 2. The summed E-state index contributed by atoms with van der Waals surface area (Å²) in [4.78, 5) is 0. The van der Waals surface area contributed by atoms with Gasteiger partial charge >= 0.3 is 0 Å². The van der Waals surface area contributed by atoms with E-state index in [1.54, 1.807) is 0 Å². The molecule has 10 heteroatoms. The van der Waals surface area contributed by atoms with Crippen molar-refractivity contribution in [3.63, 3.8) is 0 Å². The van der Waals surface area contributed by atoms with Crippen molar-refractivity contribution in [2.75, 3.05) is 11.5 Å². The maximum Gasteiger partial charge on any atom is 0.226 e. The number of nitrogens with zero attached hydrogens (tertiary/aromatic N) is 4. The van der Waals surface area contributed by atoms with Gasteiger partial charge in [0.05, 0.1) is 0 Å². The minimum atomic E-state index is 0.0105. The molecular formula is C9H20N8S2. The van der Waals surface area contributed by atoms with Crippen LogP contribution in [0.3, 0.4) is 0 Å². The summed E-state index contributed by atoms with van der Waals surface area (Å²) < 4.78 is 0. The normalized spacial score (nSPS) is 13.4. The van der Waals surface area contributed by atoms with Gasteiger partial charge in [-0.05, 0) is 18.3 Å². The van der Waals surface area contributed by atoms with Crippen LogP contribution in [0.1, 0.15) is 26.7 Å². The number of hydrazone groups is 2. The van der Waals surface area contributed by atoms with Gasteiger partial charge in [-0.15, -0.1) is 10.2 Å². The molecule has 0 bridgehead atoms. The number of nitrogens with two attached hydrogens (primary N) is 2. The molecule has 0 atom stereocenters. The van der Waals surface area contributed by atoms with E-state index in [-0.39, 0.29) is 15.8 Å². The van der Waals surface area contributed by atoms with Gasteiger partial charge < -0.3 is 11.7 Å². The summed E-state index contributed by atoms with van der Waals surface area (Å²) in [6, 6.07) is 0. The van der Waals surface area contributed by atoms with Crippen molar-refractivity contribution in [1.82, 2.24) is 0 Å². The minimum absolute atomic E-state index is 0.0105. The van der Waals surface area contributed by atoms with Gasteiger partial charge in [0.25, 0.3) is 0 Å². The van der Waals surface area contributed by atoms with E-state index in [1.165, 1.54) is 23.5 Å². The first kappa shape index (κ1) is 17.8. The van der Waals surface area contributed by atoms with Crippen LogP contribution in [0, 0.1) is 16.5 Å². The van der Waals surface area contributed by atoms with Crippen molar-refractivity contribution in [2.24, 2.45) is 37.5 Å². The average Bonchev–Trinajstić information content (AvgIpc) is 2.47. The van der Waals surface area contributed by atoms with E-state index in [0.29, 0.717) is 0 Å². The van der Waals surface area contributed by atoms with Crippen LogP contribution in [0.25, 0.3) is 0 Å². The van der Waals surface area contributed by atoms with Crippen molar-refractivity contribution in [2.45, 2.75) is 26.7 Å². The smallest absolute Gasteiger partial charge is 0.226 e. The van der Waals surface area contributed by atoms with Gasteiger partial charge in [0, 0.05) is 11.5 Å². The third-order valence-corrected chi connectivity index (χ3v) is 5.35. The van der Waals surface area contributed by atoms with Crippen LogP contribution in [0.2, 0.25) is 0 Å². The molecule has 0 heterocycles. The number of amidine groups is 2. The van der Waals surface area contributed by atoms with Crippen LogP contribution in [0.15, 0.2) is 20.4 Å². The molecule has 0 aliphatic heterocycles. The van der Waals surface area contributed by atoms with E-state index in [9.17, 15) is 0 Å². The first-order valence-electron chi connectivity index (χ1n) is 5.67. The Morgan fingerprint density at radius 1 is 0.947 bits per heavy atom. The highest BCUT2D eigenvalue weighted by atomic mass is 32.2. The van der Waals surface area contributed by atoms with Crippen LogP contribution in [-0.4, -0.2) is 21.8 Å². The maximum atomic E-state index is 6.92. The van der Waals surface area contributed by atoms with Gasteiger partial charge in [-0.1, -0.05) is 37.4 Å². The summed E-state index contributed by atoms with van der Waals surface area (Å²) in [5.41, 5.74) is 13.9. The molecule has 0 aliphatic rings. The third kappa shape index (κ3) is 6.01. The highest BCUT2D eigenvalue weighted by Gasteiger charge is 2.28. The third-order valence-electron chi connectivity index (χ3n) is 2.93. The molecule has 0 radical (unpaired) electrons. The Morgan fingerprint density at radius 3 is 1.53 bits per heavy atom. The molecule has 0 rings (SSSR count). The summed E-state index contributed by atoms with van der Waals surface area (Å²) >= 11 is 2.71. The molecule has 0 saturated carbocycles. The topological polar surface area (TPSA) is 149 Å². The zero-order chi connectivity index (χ0) is 14.7. The van der Waals surface area contributed by atoms with Crippen molar-refractivity contribution < 1.29 is 0 Å². The molecule has 0 saturated heterocycles. The molecule has 0 aliphatic carbocycles. The van der Waals surface area contributed by atoms with Gasteiger partial charge in [0.15, 0.2) is 0 Å². The Kier molecular flexibility index (Phi) is 9.13. The highest BCUT2D eigenvalue weighted by molar-refractivity contribution is 8.14. The van der Waals surface area contributed by atoms with Crippen LogP contribution in [0.5, 0.6) is 0 Å². The molecule has 0 spiro atoms. The van der Waals surface area contributed by atoms with Gasteiger partial charge in [0.2, 0.25) is 10.3 Å². The Morgan fingerprint density at radius 2 is 1.32 bits per heavy atom. The lowest BCUT2D eigenvalue weighted by Gasteiger charge is -2.30. The van der Waals surface area contributed by atoms with E-state index >= 15 is 0 Å². The summed E-state index contributed by atoms with van der Waals surface area (Å²) in [6.07, 6.45) is 1.88. The second-order valence-corrected chi connectivity index (χ2v) is 5.72. The minimum Gasteiger partial charge on any atom is -0.321 e. The second kappa shape index (κ2) is 9.73. The van der Waals surface area contributed by atoms with Gasteiger partial charge in [0.1, 0.15) is 0 Å². The molecule has 0 fully saturated rings. The Bertz CT molecular complexity index is 320. The largest absolute Gasteiger partial charge is 0.321 e. The molecule has 0 unspecified atom stereocenters. The predicted molar refractivity (Wildman–Crippen MR) is 81.5 cm³/mol. The molecule has 8 nitrogen and oxygen atoms in total. The average molecular weight is 304 g/mol. The molecule has 0 aromatic carbocycles. The summed E-state index contributed by atoms with van der Waals surface area (Å²) in [5, 5.41) is 13.9. The lowest BCUT2D eigenvalue weighted by atomic mass is 9.87. The molecule has 0 amide bonds. The van der Waals surface area contributed by atoms with Gasteiger partial charge in [-0.2, -0.15) is 10.2 Å². The van der Waals surface area contributed by atoms with E-state index in [4.69, 9.17) is 22.7 Å². The Labute approximate surface area is 121 Å². The maximum absolute atomic E-state index is 6.92. The van der Waals surface area contributed by atoms with Crippen molar-refractivity contribution in [3.05, 3.63) is 0 Å². The predicted octanol–water partition coefficient (Wildman–Crippen LogP) is 2.78. The molecular weight excluding hydrogens is 284 g/mol. The lowest BCUT2D eigenvalue weighted by Crippen LogP contribution is -2.26. The Balaban J connectivity index is 4.66. The highest BCUT2D eigenvalue weighted by Crippen LogP contribution is 2.35. The van der Waals surface area contributed by atoms with Gasteiger partial charge in [-0.25, -0.2) is 11.1 Å². The molecule has 0 aromatic rings. The van der Waals surface area contributed by atoms with Crippen molar-refractivity contribution in [3.8, 4) is 0 Å². The first-order valence-corrected chi connectivity index (χ1v) is 7.64. The quantitative estimate of drug-likeness (QED) is 0.196. The monoisotopic (exact) mass is 304 g/mol. The van der Waals surface area contributed by atoms with Crippen LogP contribution in [-0.2, 0) is 0 Å². The fourth-order valence-corrected chi connectivity index (χ4v) is 3.63. The first-order chi connectivity index (χ1) is 9.11. The zero-order valence-electron chi connectivity index (χ0n) is 11.1. The summed E-state index contributed by atoms with van der Waals surface area (Å²) in [7, 11) is 0. The SMILES string of the molecule is CCC(CC)(CSC(N=N)=NN)CSC(N=N)=NN. The zero-order valence-corrected chi connectivity index (χ0v) is 12.7. The second-order valence-electron chi connectivity index (χ2n) is 3.83. The Hall–Kier alpha value is -1.16. The van der Waals surface area contributed by atoms with E-state index < -0.39 is 0 Å². The molecule has 19 heavy (non-hydrogen) atoms. The standard InChI is InChI=1S/C9H20N8S2/c1-3-9(4-2,5-18-7(14-10)15-11)6-19-8(16-12)17-13/h10,12H,3-6,11,13H2,1-2H3. The van der Waals surface area contributed by atoms with Crippen molar-refractivity contribution in [1.29, 1.82) is 11.1 Å². The molecule has 108 valence electrons. The van der Waals surface area contributed by atoms with E-state index in [0.717, 1.165) is 24.3 Å². The van der Waals surface area contributed by atoms with E-state index in [1.807, 2.05) is 0 Å². The number of hydrogen-bond acceptors (Lipinski definition) is 8. The fourth-order valence-electron chi connectivity index (χ4n) is 1.33. The van der Waals surface area contributed by atoms with Crippen molar-refractivity contribution >= 4 is 33.9 Å². The lowest BCUT2D eigenvalue weighted by molar-refractivity contribution is 0.357. The number of thioether (sulfide) groups is 2. The van der Waals surface area contributed by atoms with Crippen LogP contribution < -0.4 is 11.7 Å². The van der Waals surface area contributed by atoms with Crippen LogP contribution in [0.4, 0.5) is 0 Å². The fraction of sp³-hybridized carbons (Fsp3) is 0.778. The van der Waals surface area contributed by atoms with Crippen LogP contribution >= 0.6 is 23.5 Å². The number of rotatable bonds is 6. The number of hydrogen-bond donors (Lipinski definition) is 4. The summed E-state index contributed by atoms with van der Waals surface area (Å²) in [5.74, 6) is 11.7.